The van der Waals surface area contributed by atoms with E-state index in [0.29, 0.717) is 80.9 Å². The average molecular weight is 1360 g/mol. The van der Waals surface area contributed by atoms with Gasteiger partial charge in [0.2, 0.25) is 29.5 Å². The Balaban J connectivity index is 0.984. The molecule has 7 N–H and O–H groups in total. The number of hydrogen-bond donors (Lipinski definition) is 7. The standard InChI is InChI=1S/C61H83F2IN12O13/c1-42(60(88)75-22-18-44(19-23-75)7-3-5-32-89-47-15-16-50-49(33-47)48(17-21-66-50)58(86)68-36-54(79)76-41-61(62,63)34-46(76)35-65)69-59(87)51(9-2-4-20-67-52(77)10-6-8-43-11-13-45(64)14-12-43)70-53(78)37-71-24-26-72(38-55(80)81)28-30-74(40-57(84)85)31-29-73(27-25-71)39-56(82)83/h11-17,21,33,42,44,46,51H,2-10,18-20,22-32,34,36-41H2,1H3,(H,67,77)(H,68,86)(H,69,87)(H,70,78)(H,80,81)(H,82,83)(H,84,85)/t42-,46+,51-/m0/s1. The third kappa shape index (κ3) is 24.6. The largest absolute Gasteiger partial charge is 0.494 e. The van der Waals surface area contributed by atoms with Gasteiger partial charge in [-0.1, -0.05) is 18.6 Å². The van der Waals surface area contributed by atoms with Crippen LogP contribution in [0.15, 0.2) is 54.7 Å². The molecule has 6 amide bonds. The summed E-state index contributed by atoms with van der Waals surface area (Å²) in [6.07, 6.45) is 7.48. The summed E-state index contributed by atoms with van der Waals surface area (Å²) < 4.78 is 35.0. The Labute approximate surface area is 530 Å². The Bertz CT molecular complexity index is 2920. The number of amides is 6. The van der Waals surface area contributed by atoms with E-state index in [-0.39, 0.29) is 102 Å². The first-order valence-corrected chi connectivity index (χ1v) is 31.4. The van der Waals surface area contributed by atoms with Crippen molar-refractivity contribution < 1.29 is 72.0 Å². The molecule has 0 bridgehead atoms. The second-order valence-corrected chi connectivity index (χ2v) is 24.3. The van der Waals surface area contributed by atoms with Crippen LogP contribution in [0, 0.1) is 20.8 Å². The van der Waals surface area contributed by atoms with Crippen molar-refractivity contribution in [3.05, 3.63) is 69.4 Å². The number of likely N-dealkylation sites (tertiary alicyclic amines) is 2. The fourth-order valence-corrected chi connectivity index (χ4v) is 11.5. The highest BCUT2D eigenvalue weighted by molar-refractivity contribution is 14.1. The summed E-state index contributed by atoms with van der Waals surface area (Å²) in [7, 11) is 0. The maximum atomic E-state index is 14.2. The van der Waals surface area contributed by atoms with Crippen LogP contribution in [0.1, 0.15) is 93.5 Å². The number of carbonyl (C=O) groups is 9. The first-order chi connectivity index (χ1) is 42.5. The number of aryl methyl sites for hydroxylation is 1. The number of carboxylic acids is 3. The van der Waals surface area contributed by atoms with E-state index in [1.807, 2.05) is 24.3 Å². The van der Waals surface area contributed by atoms with Gasteiger partial charge in [-0.2, -0.15) is 5.26 Å². The number of ether oxygens (including phenoxy) is 1. The molecular formula is C61H83F2IN12O13. The molecule has 0 spiro atoms. The Morgan fingerprint density at radius 3 is 1.94 bits per heavy atom. The van der Waals surface area contributed by atoms with Crippen molar-refractivity contribution in [2.75, 3.05) is 118 Å². The first kappa shape index (κ1) is 70.9. The van der Waals surface area contributed by atoms with Gasteiger partial charge in [-0.3, -0.25) is 67.7 Å². The molecule has 25 nitrogen and oxygen atoms in total. The molecule has 3 fully saturated rings. The van der Waals surface area contributed by atoms with Gasteiger partial charge in [0.05, 0.1) is 63.0 Å². The molecule has 486 valence electrons. The Hall–Kier alpha value is -7.20. The summed E-state index contributed by atoms with van der Waals surface area (Å²) >= 11 is 2.24. The minimum atomic E-state index is -3.19. The molecule has 6 rings (SSSR count). The monoisotopic (exact) mass is 1360 g/mol. The van der Waals surface area contributed by atoms with Crippen LogP contribution in [-0.4, -0.2) is 245 Å². The number of nitrogens with zero attached hydrogens (tertiary/aromatic N) is 8. The lowest BCUT2D eigenvalue weighted by Gasteiger charge is -2.34. The minimum Gasteiger partial charge on any atom is -0.494 e. The maximum absolute atomic E-state index is 14.2. The second-order valence-electron chi connectivity index (χ2n) is 23.0. The predicted molar refractivity (Wildman–Crippen MR) is 331 cm³/mol. The number of unbranched alkanes of at least 4 members (excludes halogenated alkanes) is 2. The van der Waals surface area contributed by atoms with Crippen LogP contribution in [0.25, 0.3) is 10.9 Å². The maximum Gasteiger partial charge on any atom is 0.317 e. The van der Waals surface area contributed by atoms with E-state index in [1.165, 1.54) is 12.3 Å². The number of aromatic nitrogens is 1. The molecule has 0 unspecified atom stereocenters. The lowest BCUT2D eigenvalue weighted by Crippen LogP contribution is -2.55. The van der Waals surface area contributed by atoms with Crippen LogP contribution in [0.3, 0.4) is 0 Å². The van der Waals surface area contributed by atoms with Gasteiger partial charge < -0.3 is 51.1 Å². The molecule has 1 aromatic heterocycles. The molecule has 2 aromatic carbocycles. The van der Waals surface area contributed by atoms with Gasteiger partial charge in [-0.25, -0.2) is 8.78 Å². The van der Waals surface area contributed by atoms with Gasteiger partial charge in [0, 0.05) is 100.0 Å². The van der Waals surface area contributed by atoms with Crippen LogP contribution in [-0.2, 0) is 44.8 Å². The van der Waals surface area contributed by atoms with Crippen molar-refractivity contribution >= 4 is 86.8 Å². The molecule has 3 saturated heterocycles. The SMILES string of the molecule is C[C@H](NC(=O)[C@H](CCCCNC(=O)CCCc1ccc(I)cc1)NC(=O)CN1CCN(CC(=O)O)CCN(CC(=O)O)CCN(CC(=O)O)CC1)C(=O)N1CCC(CCCCOc2ccc3nccc(C(=O)NCC(=O)N4CC(F)(F)C[C@@H]4C#N)c3c2)CC1. The number of nitriles is 1. The third-order valence-electron chi connectivity index (χ3n) is 16.1. The van der Waals surface area contributed by atoms with Gasteiger partial charge in [0.15, 0.2) is 0 Å². The van der Waals surface area contributed by atoms with Crippen molar-refractivity contribution in [3.63, 3.8) is 0 Å². The highest BCUT2D eigenvalue weighted by Gasteiger charge is 2.47. The number of piperidine rings is 1. The highest BCUT2D eigenvalue weighted by Crippen LogP contribution is 2.32. The molecule has 3 atom stereocenters. The number of nitrogens with one attached hydrogen (secondary N) is 4. The van der Waals surface area contributed by atoms with Crippen LogP contribution in [0.4, 0.5) is 8.78 Å². The number of carbonyl (C=O) groups excluding carboxylic acids is 6. The second kappa shape index (κ2) is 35.9. The summed E-state index contributed by atoms with van der Waals surface area (Å²) in [5, 5.41) is 49.7. The van der Waals surface area contributed by atoms with E-state index in [2.05, 4.69) is 48.8 Å². The zero-order chi connectivity index (χ0) is 64.5. The van der Waals surface area contributed by atoms with E-state index >= 15 is 0 Å². The summed E-state index contributed by atoms with van der Waals surface area (Å²) in [6, 6.07) is 13.1. The van der Waals surface area contributed by atoms with Crippen LogP contribution < -0.4 is 26.0 Å². The zero-order valence-corrected chi connectivity index (χ0v) is 52.5. The summed E-state index contributed by atoms with van der Waals surface area (Å²) in [5.41, 5.74) is 1.84. The van der Waals surface area contributed by atoms with E-state index in [4.69, 9.17) is 4.74 Å². The topological polar surface area (TPSA) is 328 Å². The highest BCUT2D eigenvalue weighted by atomic mass is 127. The van der Waals surface area contributed by atoms with E-state index < -0.39 is 85.1 Å². The predicted octanol–water partition coefficient (Wildman–Crippen LogP) is 2.89. The number of halogens is 3. The summed E-state index contributed by atoms with van der Waals surface area (Å²) in [4.78, 5) is 130. The van der Waals surface area contributed by atoms with Gasteiger partial charge in [-0.05, 0) is 135 Å². The van der Waals surface area contributed by atoms with Crippen molar-refractivity contribution in [3.8, 4) is 11.8 Å². The number of benzene rings is 2. The van der Waals surface area contributed by atoms with Gasteiger partial charge in [0.1, 0.15) is 23.9 Å². The van der Waals surface area contributed by atoms with E-state index in [0.717, 1.165) is 46.1 Å². The number of rotatable bonds is 30. The molecule has 28 heteroatoms. The molecule has 3 aromatic rings. The van der Waals surface area contributed by atoms with Gasteiger partial charge in [-0.15, -0.1) is 0 Å². The molecule has 89 heavy (non-hydrogen) atoms. The van der Waals surface area contributed by atoms with E-state index in [9.17, 15) is 72.5 Å². The summed E-state index contributed by atoms with van der Waals surface area (Å²) in [5.74, 6) is -8.50. The molecular weight excluding hydrogens is 1270 g/mol. The number of alkyl halides is 2. The number of carboxylic acid groups (broad SMARTS) is 3. The fourth-order valence-electron chi connectivity index (χ4n) is 11.2. The normalized spacial score (nSPS) is 18.1. The van der Waals surface area contributed by atoms with Crippen LogP contribution >= 0.6 is 22.6 Å². The molecule has 0 radical (unpaired) electrons. The lowest BCUT2D eigenvalue weighted by molar-refractivity contribution is -0.140. The summed E-state index contributed by atoms with van der Waals surface area (Å²) in [6.45, 7) is 2.15. The molecule has 0 saturated carbocycles. The zero-order valence-electron chi connectivity index (χ0n) is 50.4. The third-order valence-corrected chi connectivity index (χ3v) is 16.8. The lowest BCUT2D eigenvalue weighted by atomic mass is 9.91. The van der Waals surface area contributed by atoms with E-state index in [1.54, 1.807) is 55.7 Å². The molecule has 4 heterocycles. The van der Waals surface area contributed by atoms with Crippen molar-refractivity contribution in [2.24, 2.45) is 5.92 Å². The number of pyridine rings is 1. The Kier molecular flexibility index (Phi) is 28.6. The average Bonchev–Trinajstić information content (AvgIpc) is 1.85. The molecule has 3 aliphatic heterocycles. The van der Waals surface area contributed by atoms with Crippen LogP contribution in [0.2, 0.25) is 0 Å². The quantitative estimate of drug-likeness (QED) is 0.0373. The molecule has 3 aliphatic rings. The molecule has 0 aliphatic carbocycles. The number of fused-ring (bicyclic) bond motifs is 1. The number of aliphatic carboxylic acids is 3. The van der Waals surface area contributed by atoms with Crippen LogP contribution in [0.5, 0.6) is 5.75 Å². The minimum absolute atomic E-state index is 0.0983. The number of hydrogen-bond acceptors (Lipinski definition) is 16. The van der Waals surface area contributed by atoms with Crippen molar-refractivity contribution in [1.82, 2.24) is 55.7 Å². The van der Waals surface area contributed by atoms with Crippen molar-refractivity contribution in [2.45, 2.75) is 108 Å². The smallest absolute Gasteiger partial charge is 0.317 e. The van der Waals surface area contributed by atoms with Gasteiger partial charge in [0.25, 0.3) is 11.8 Å². The Morgan fingerprint density at radius 2 is 1.35 bits per heavy atom. The fraction of sp³-hybridized carbons (Fsp3) is 0.590. The van der Waals surface area contributed by atoms with Gasteiger partial charge >= 0.3 is 17.9 Å². The first-order valence-electron chi connectivity index (χ1n) is 30.4. The Morgan fingerprint density at radius 1 is 0.742 bits per heavy atom. The van der Waals surface area contributed by atoms with Crippen molar-refractivity contribution in [1.29, 1.82) is 5.26 Å².